The van der Waals surface area contributed by atoms with E-state index in [4.69, 9.17) is 0 Å². The average Bonchev–Trinajstić information content (AvgIpc) is 2.67. The quantitative estimate of drug-likeness (QED) is 0.846. The molecule has 2 rings (SSSR count). The Morgan fingerprint density at radius 2 is 1.81 bits per heavy atom. The molecule has 1 aromatic carbocycles. The van der Waals surface area contributed by atoms with Crippen molar-refractivity contribution in [1.82, 2.24) is 4.57 Å². The molecule has 4 heteroatoms. The van der Waals surface area contributed by atoms with Crippen LogP contribution in [0.3, 0.4) is 0 Å². The second-order valence-electron chi connectivity index (χ2n) is 5.98. The highest BCUT2D eigenvalue weighted by molar-refractivity contribution is 7.07. The predicted molar refractivity (Wildman–Crippen MR) is 87.7 cm³/mol. The number of carbonyl (C=O) groups excluding carboxylic acids is 1. The molecule has 0 saturated heterocycles. The molecule has 0 saturated carbocycles. The zero-order chi connectivity index (χ0) is 15.6. The van der Waals surface area contributed by atoms with Gasteiger partial charge in [0.05, 0.1) is 4.53 Å². The van der Waals surface area contributed by atoms with E-state index in [0.29, 0.717) is 9.20 Å². The lowest BCUT2D eigenvalue weighted by Gasteiger charge is -2.12. The van der Waals surface area contributed by atoms with E-state index in [1.807, 2.05) is 57.2 Å². The van der Waals surface area contributed by atoms with Crippen LogP contribution < -0.4 is 14.8 Å². The standard InChI is InChI=1S/C17H19NO2S/c1-17(2,3)14(19)11-15-18(4)16(20)13(21-15)10-12-8-6-5-7-9-12/h5-11H,1-4H3/b13-10+,15-11-. The van der Waals surface area contributed by atoms with E-state index >= 15 is 0 Å². The second kappa shape index (κ2) is 5.82. The third kappa shape index (κ3) is 3.58. The van der Waals surface area contributed by atoms with Crippen LogP contribution in [0.15, 0.2) is 35.1 Å². The summed E-state index contributed by atoms with van der Waals surface area (Å²) in [6, 6.07) is 9.69. The fraction of sp³-hybridized carbons (Fsp3) is 0.294. The maximum absolute atomic E-state index is 12.2. The molecular weight excluding hydrogens is 282 g/mol. The van der Waals surface area contributed by atoms with Crippen molar-refractivity contribution in [3.8, 4) is 0 Å². The van der Waals surface area contributed by atoms with E-state index in [-0.39, 0.29) is 11.3 Å². The van der Waals surface area contributed by atoms with Crippen LogP contribution in [0, 0.1) is 5.41 Å². The Kier molecular flexibility index (Phi) is 4.28. The van der Waals surface area contributed by atoms with Gasteiger partial charge in [0.2, 0.25) is 0 Å². The number of hydrogen-bond acceptors (Lipinski definition) is 3. The Bertz CT molecular complexity index is 820. The van der Waals surface area contributed by atoms with Crippen LogP contribution in [0.4, 0.5) is 0 Å². The van der Waals surface area contributed by atoms with Crippen LogP contribution in [0.5, 0.6) is 0 Å². The van der Waals surface area contributed by atoms with Gasteiger partial charge >= 0.3 is 0 Å². The first kappa shape index (κ1) is 15.4. The highest BCUT2D eigenvalue weighted by Crippen LogP contribution is 2.14. The Hall–Kier alpha value is -1.94. The van der Waals surface area contributed by atoms with Gasteiger partial charge in [0, 0.05) is 18.5 Å². The Morgan fingerprint density at radius 3 is 2.38 bits per heavy atom. The number of aromatic nitrogens is 1. The molecule has 0 fully saturated rings. The second-order valence-corrected chi connectivity index (χ2v) is 7.04. The lowest BCUT2D eigenvalue weighted by atomic mass is 9.91. The van der Waals surface area contributed by atoms with Gasteiger partial charge in [-0.2, -0.15) is 0 Å². The topological polar surface area (TPSA) is 39.1 Å². The first-order chi connectivity index (χ1) is 9.79. The minimum atomic E-state index is -0.441. The van der Waals surface area contributed by atoms with Crippen LogP contribution in [0.2, 0.25) is 0 Å². The van der Waals surface area contributed by atoms with E-state index < -0.39 is 5.41 Å². The molecular formula is C17H19NO2S. The number of rotatable bonds is 2. The molecule has 110 valence electrons. The predicted octanol–water partition coefficient (Wildman–Crippen LogP) is 1.67. The monoisotopic (exact) mass is 301 g/mol. The van der Waals surface area contributed by atoms with Crippen molar-refractivity contribution in [1.29, 1.82) is 0 Å². The molecule has 0 aliphatic heterocycles. The Balaban J connectivity index is 2.58. The summed E-state index contributed by atoms with van der Waals surface area (Å²) < 4.78 is 2.85. The van der Waals surface area contributed by atoms with Crippen LogP contribution in [0.25, 0.3) is 12.2 Å². The van der Waals surface area contributed by atoms with Gasteiger partial charge in [-0.1, -0.05) is 51.1 Å². The van der Waals surface area contributed by atoms with Crippen molar-refractivity contribution in [2.45, 2.75) is 20.8 Å². The van der Waals surface area contributed by atoms with E-state index in [2.05, 4.69) is 0 Å². The molecule has 1 aromatic heterocycles. The molecule has 0 aliphatic carbocycles. The normalized spacial score (nSPS) is 13.7. The molecule has 0 atom stereocenters. The van der Waals surface area contributed by atoms with Crippen LogP contribution >= 0.6 is 11.3 Å². The minimum absolute atomic E-state index is 0.0191. The summed E-state index contributed by atoms with van der Waals surface area (Å²) in [6.45, 7) is 5.61. The zero-order valence-corrected chi connectivity index (χ0v) is 13.5. The van der Waals surface area contributed by atoms with Crippen LogP contribution in [-0.4, -0.2) is 10.4 Å². The van der Waals surface area contributed by atoms with Gasteiger partial charge in [-0.05, 0) is 11.6 Å². The lowest BCUT2D eigenvalue weighted by molar-refractivity contribution is -0.120. The summed E-state index contributed by atoms with van der Waals surface area (Å²) in [5, 5.41) is 0. The Morgan fingerprint density at radius 1 is 1.19 bits per heavy atom. The smallest absolute Gasteiger partial charge is 0.268 e. The third-order valence-corrected chi connectivity index (χ3v) is 4.26. The number of ketones is 1. The number of thiazole rings is 1. The van der Waals surface area contributed by atoms with Crippen molar-refractivity contribution < 1.29 is 4.79 Å². The maximum atomic E-state index is 12.2. The van der Waals surface area contributed by atoms with Gasteiger partial charge in [0.1, 0.15) is 4.66 Å². The van der Waals surface area contributed by atoms with Gasteiger partial charge < -0.3 is 4.57 Å². The van der Waals surface area contributed by atoms with E-state index in [9.17, 15) is 9.59 Å². The van der Waals surface area contributed by atoms with Crippen molar-refractivity contribution in [3.05, 3.63) is 55.4 Å². The lowest BCUT2D eigenvalue weighted by Crippen LogP contribution is -2.30. The zero-order valence-electron chi connectivity index (χ0n) is 12.7. The molecule has 0 unspecified atom stereocenters. The van der Waals surface area contributed by atoms with Gasteiger partial charge in [0.15, 0.2) is 5.78 Å². The summed E-state index contributed by atoms with van der Waals surface area (Å²) >= 11 is 1.34. The van der Waals surface area contributed by atoms with Crippen LogP contribution in [0.1, 0.15) is 26.3 Å². The summed E-state index contributed by atoms with van der Waals surface area (Å²) in [7, 11) is 1.70. The minimum Gasteiger partial charge on any atom is -0.302 e. The van der Waals surface area contributed by atoms with Gasteiger partial charge in [0.25, 0.3) is 5.56 Å². The van der Waals surface area contributed by atoms with Crippen molar-refractivity contribution in [2.24, 2.45) is 12.5 Å². The summed E-state index contributed by atoms with van der Waals surface area (Å²) in [5.41, 5.74) is 0.463. The number of hydrogen-bond donors (Lipinski definition) is 0. The molecule has 3 nitrogen and oxygen atoms in total. The summed E-state index contributed by atoms with van der Waals surface area (Å²) in [5.74, 6) is 0.0191. The van der Waals surface area contributed by atoms with Crippen molar-refractivity contribution in [3.63, 3.8) is 0 Å². The molecule has 2 aromatic rings. The highest BCUT2D eigenvalue weighted by Gasteiger charge is 2.19. The first-order valence-corrected chi connectivity index (χ1v) is 7.59. The van der Waals surface area contributed by atoms with Gasteiger partial charge in [-0.25, -0.2) is 0 Å². The first-order valence-electron chi connectivity index (χ1n) is 6.78. The van der Waals surface area contributed by atoms with E-state index in [1.54, 1.807) is 13.1 Å². The van der Waals surface area contributed by atoms with Gasteiger partial charge in [-0.15, -0.1) is 11.3 Å². The number of nitrogens with zero attached hydrogens (tertiary/aromatic N) is 1. The number of Topliss-reactive ketones (excluding diaryl/α,β-unsaturated/α-hetero) is 1. The molecule has 21 heavy (non-hydrogen) atoms. The summed E-state index contributed by atoms with van der Waals surface area (Å²) in [6.07, 6.45) is 3.42. The molecule has 0 N–H and O–H groups in total. The molecule has 0 aliphatic rings. The molecule has 0 amide bonds. The Labute approximate surface area is 127 Å². The molecule has 0 spiro atoms. The molecule has 0 radical (unpaired) electrons. The maximum Gasteiger partial charge on any atom is 0.268 e. The van der Waals surface area contributed by atoms with Gasteiger partial charge in [-0.3, -0.25) is 9.59 Å². The average molecular weight is 301 g/mol. The molecule has 1 heterocycles. The number of carbonyl (C=O) groups is 1. The highest BCUT2D eigenvalue weighted by atomic mass is 32.1. The van der Waals surface area contributed by atoms with E-state index in [1.165, 1.54) is 15.9 Å². The molecule has 0 bridgehead atoms. The number of benzene rings is 1. The van der Waals surface area contributed by atoms with Crippen molar-refractivity contribution in [2.75, 3.05) is 0 Å². The van der Waals surface area contributed by atoms with Crippen LogP contribution in [-0.2, 0) is 11.8 Å². The SMILES string of the molecule is Cn1c(=O)/c(=C\c2ccccc2)s/c1=C\C(=O)C(C)(C)C. The largest absolute Gasteiger partial charge is 0.302 e. The van der Waals surface area contributed by atoms with E-state index in [0.717, 1.165) is 5.56 Å². The van der Waals surface area contributed by atoms with Crippen molar-refractivity contribution >= 4 is 29.3 Å². The fourth-order valence-corrected chi connectivity index (χ4v) is 2.77. The third-order valence-electron chi connectivity index (χ3n) is 3.15. The summed E-state index contributed by atoms with van der Waals surface area (Å²) in [4.78, 5) is 24.3. The fourth-order valence-electron chi connectivity index (χ4n) is 1.74.